The van der Waals surface area contributed by atoms with Crippen LogP contribution in [0.2, 0.25) is 0 Å². The Morgan fingerprint density at radius 1 is 1.16 bits per heavy atom. The summed E-state index contributed by atoms with van der Waals surface area (Å²) in [4.78, 5) is 26.5. The fourth-order valence-electron chi connectivity index (χ4n) is 3.24. The highest BCUT2D eigenvalue weighted by molar-refractivity contribution is 7.90. The molecular formula is C21H27N3O6S. The first-order valence-electron chi connectivity index (χ1n) is 9.98. The van der Waals surface area contributed by atoms with Crippen molar-refractivity contribution in [1.82, 2.24) is 15.4 Å². The number of carbonyl (C=O) groups is 2. The van der Waals surface area contributed by atoms with Gasteiger partial charge in [0.05, 0.1) is 4.90 Å². The SMILES string of the molecule is CC(C)(C)OC(=O)NC1CCN(C(=O)c2cc(-c3ccc(S(C)(=O)=O)cc3)on2)CC1. The average molecular weight is 450 g/mol. The lowest BCUT2D eigenvalue weighted by Gasteiger charge is -2.32. The molecule has 168 valence electrons. The van der Waals surface area contributed by atoms with E-state index in [-0.39, 0.29) is 22.5 Å². The number of aromatic nitrogens is 1. The van der Waals surface area contributed by atoms with E-state index in [0.29, 0.717) is 37.3 Å². The van der Waals surface area contributed by atoms with Crippen molar-refractivity contribution in [2.24, 2.45) is 0 Å². The number of likely N-dealkylation sites (tertiary alicyclic amines) is 1. The predicted molar refractivity (Wildman–Crippen MR) is 113 cm³/mol. The van der Waals surface area contributed by atoms with Crippen LogP contribution < -0.4 is 5.32 Å². The molecule has 1 aliphatic heterocycles. The molecule has 0 atom stereocenters. The molecule has 1 fully saturated rings. The second kappa shape index (κ2) is 8.70. The van der Waals surface area contributed by atoms with Crippen molar-refractivity contribution in [1.29, 1.82) is 0 Å². The number of ether oxygens (including phenoxy) is 1. The van der Waals surface area contributed by atoms with E-state index in [1.807, 2.05) is 0 Å². The van der Waals surface area contributed by atoms with Crippen LogP contribution in [0.3, 0.4) is 0 Å². The molecule has 2 heterocycles. The summed E-state index contributed by atoms with van der Waals surface area (Å²) in [5.74, 6) is 0.128. The van der Waals surface area contributed by atoms with Crippen molar-refractivity contribution in [3.05, 3.63) is 36.0 Å². The smallest absolute Gasteiger partial charge is 0.407 e. The minimum atomic E-state index is -3.29. The third-order valence-electron chi connectivity index (χ3n) is 4.80. The van der Waals surface area contributed by atoms with Crippen molar-refractivity contribution in [3.8, 4) is 11.3 Å². The lowest BCUT2D eigenvalue weighted by Crippen LogP contribution is -2.47. The van der Waals surface area contributed by atoms with Gasteiger partial charge in [0.2, 0.25) is 0 Å². The zero-order chi connectivity index (χ0) is 22.8. The highest BCUT2D eigenvalue weighted by atomic mass is 32.2. The van der Waals surface area contributed by atoms with Crippen LogP contribution in [0, 0.1) is 0 Å². The van der Waals surface area contributed by atoms with E-state index in [1.54, 1.807) is 43.9 Å². The number of hydrogen-bond acceptors (Lipinski definition) is 7. The van der Waals surface area contributed by atoms with Crippen LogP contribution in [0.25, 0.3) is 11.3 Å². The van der Waals surface area contributed by atoms with Crippen molar-refractivity contribution in [2.75, 3.05) is 19.3 Å². The van der Waals surface area contributed by atoms with Gasteiger partial charge in [0, 0.05) is 37.0 Å². The largest absolute Gasteiger partial charge is 0.444 e. The summed E-state index contributed by atoms with van der Waals surface area (Å²) in [6.07, 6.45) is 1.91. The Morgan fingerprint density at radius 2 is 1.77 bits per heavy atom. The molecule has 1 aliphatic rings. The quantitative estimate of drug-likeness (QED) is 0.762. The summed E-state index contributed by atoms with van der Waals surface area (Å²) in [6, 6.07) is 7.68. The molecule has 9 nitrogen and oxygen atoms in total. The predicted octanol–water partition coefficient (Wildman–Crippen LogP) is 2.87. The standard InChI is InChI=1S/C21H27N3O6S/c1-21(2,3)29-20(26)22-15-9-11-24(12-10-15)19(25)17-13-18(30-23-17)14-5-7-16(8-6-14)31(4,27)28/h5-8,13,15H,9-12H2,1-4H3,(H,22,26). The van der Waals surface area contributed by atoms with Crippen LogP contribution in [0.15, 0.2) is 39.8 Å². The molecule has 0 unspecified atom stereocenters. The zero-order valence-corrected chi connectivity index (χ0v) is 18.9. The number of nitrogens with one attached hydrogen (secondary N) is 1. The molecule has 2 aromatic rings. The summed E-state index contributed by atoms with van der Waals surface area (Å²) >= 11 is 0. The number of benzene rings is 1. The first kappa shape index (κ1) is 22.8. The topological polar surface area (TPSA) is 119 Å². The molecule has 0 aliphatic carbocycles. The van der Waals surface area contributed by atoms with E-state index >= 15 is 0 Å². The molecule has 1 aromatic carbocycles. The van der Waals surface area contributed by atoms with E-state index in [4.69, 9.17) is 9.26 Å². The first-order valence-corrected chi connectivity index (χ1v) is 11.9. The highest BCUT2D eigenvalue weighted by Gasteiger charge is 2.28. The molecule has 10 heteroatoms. The summed E-state index contributed by atoms with van der Waals surface area (Å²) < 4.78 is 33.7. The lowest BCUT2D eigenvalue weighted by atomic mass is 10.0. The van der Waals surface area contributed by atoms with Gasteiger partial charge in [-0.2, -0.15) is 0 Å². The Kier molecular flexibility index (Phi) is 6.40. The average Bonchev–Trinajstić information content (AvgIpc) is 3.16. The van der Waals surface area contributed by atoms with Crippen LogP contribution in [-0.2, 0) is 14.6 Å². The van der Waals surface area contributed by atoms with Gasteiger partial charge in [-0.25, -0.2) is 13.2 Å². The Hall–Kier alpha value is -2.88. The summed E-state index contributed by atoms with van der Waals surface area (Å²) in [5, 5.41) is 6.71. The molecule has 2 amide bonds. The highest BCUT2D eigenvalue weighted by Crippen LogP contribution is 2.23. The third kappa shape index (κ3) is 6.06. The van der Waals surface area contributed by atoms with Crippen molar-refractivity contribution in [2.45, 2.75) is 50.2 Å². The zero-order valence-electron chi connectivity index (χ0n) is 18.0. The molecule has 0 saturated carbocycles. The summed E-state index contributed by atoms with van der Waals surface area (Å²) in [7, 11) is -3.29. The summed E-state index contributed by atoms with van der Waals surface area (Å²) in [5.41, 5.74) is 0.247. The molecule has 31 heavy (non-hydrogen) atoms. The van der Waals surface area contributed by atoms with Gasteiger partial charge >= 0.3 is 6.09 Å². The molecule has 0 bridgehead atoms. The second-order valence-corrected chi connectivity index (χ2v) is 10.6. The maximum atomic E-state index is 12.8. The van der Waals surface area contributed by atoms with Crippen LogP contribution in [0.4, 0.5) is 4.79 Å². The molecular weight excluding hydrogens is 422 g/mol. The molecule has 1 aromatic heterocycles. The fourth-order valence-corrected chi connectivity index (χ4v) is 3.87. The van der Waals surface area contributed by atoms with E-state index in [1.165, 1.54) is 12.1 Å². The number of rotatable bonds is 4. The monoisotopic (exact) mass is 449 g/mol. The fraction of sp³-hybridized carbons (Fsp3) is 0.476. The Bertz CT molecular complexity index is 1050. The van der Waals surface area contributed by atoms with Gasteiger partial charge < -0.3 is 19.5 Å². The summed E-state index contributed by atoms with van der Waals surface area (Å²) in [6.45, 7) is 6.37. The van der Waals surface area contributed by atoms with Crippen LogP contribution >= 0.6 is 0 Å². The number of sulfone groups is 1. The van der Waals surface area contributed by atoms with Gasteiger partial charge in [0.1, 0.15) is 5.60 Å². The maximum absolute atomic E-state index is 12.8. The minimum absolute atomic E-state index is 0.0554. The van der Waals surface area contributed by atoms with E-state index in [9.17, 15) is 18.0 Å². The van der Waals surface area contributed by atoms with Gasteiger partial charge in [0.15, 0.2) is 21.3 Å². The van der Waals surface area contributed by atoms with E-state index < -0.39 is 21.5 Å². The number of amides is 2. The van der Waals surface area contributed by atoms with Gasteiger partial charge in [-0.3, -0.25) is 4.79 Å². The normalized spacial score (nSPS) is 15.5. The third-order valence-corrected chi connectivity index (χ3v) is 5.93. The number of hydrogen-bond donors (Lipinski definition) is 1. The molecule has 3 rings (SSSR count). The number of nitrogens with zero attached hydrogens (tertiary/aromatic N) is 2. The molecule has 1 N–H and O–H groups in total. The Labute approximate surface area is 181 Å². The van der Waals surface area contributed by atoms with E-state index in [2.05, 4.69) is 10.5 Å². The lowest BCUT2D eigenvalue weighted by molar-refractivity contribution is 0.0473. The first-order chi connectivity index (χ1) is 14.4. The molecule has 0 spiro atoms. The number of alkyl carbamates (subject to hydrolysis) is 1. The van der Waals surface area contributed by atoms with Crippen LogP contribution in [0.5, 0.6) is 0 Å². The van der Waals surface area contributed by atoms with Gasteiger partial charge in [0.25, 0.3) is 5.91 Å². The maximum Gasteiger partial charge on any atom is 0.407 e. The number of piperidine rings is 1. The van der Waals surface area contributed by atoms with Crippen molar-refractivity contribution in [3.63, 3.8) is 0 Å². The Morgan fingerprint density at radius 3 is 2.32 bits per heavy atom. The second-order valence-electron chi connectivity index (χ2n) is 8.59. The van der Waals surface area contributed by atoms with Crippen molar-refractivity contribution >= 4 is 21.8 Å². The van der Waals surface area contributed by atoms with E-state index in [0.717, 1.165) is 6.26 Å². The molecule has 1 saturated heterocycles. The Balaban J connectivity index is 1.57. The van der Waals surface area contributed by atoms with Gasteiger partial charge in [-0.1, -0.05) is 5.16 Å². The van der Waals surface area contributed by atoms with Gasteiger partial charge in [-0.05, 0) is 57.9 Å². The van der Waals surface area contributed by atoms with Crippen LogP contribution in [-0.4, -0.2) is 61.5 Å². The van der Waals surface area contributed by atoms with Gasteiger partial charge in [-0.15, -0.1) is 0 Å². The number of carbonyl (C=O) groups excluding carboxylic acids is 2. The van der Waals surface area contributed by atoms with Crippen LogP contribution in [0.1, 0.15) is 44.1 Å². The molecule has 0 radical (unpaired) electrons. The van der Waals surface area contributed by atoms with Crippen molar-refractivity contribution < 1.29 is 27.3 Å². The minimum Gasteiger partial charge on any atom is -0.444 e.